The first-order chi connectivity index (χ1) is 39.5. The van der Waals surface area contributed by atoms with Crippen molar-refractivity contribution in [2.24, 2.45) is 0 Å². The molecule has 0 aliphatic heterocycles. The fraction of sp³-hybridized carbons (Fsp3) is 0.716. The predicted octanol–water partition coefficient (Wildman–Crippen LogP) is 23.4. The molecule has 0 aliphatic carbocycles. The fourth-order valence-corrected chi connectivity index (χ4v) is 9.51. The summed E-state index contributed by atoms with van der Waals surface area (Å²) in [6.45, 7) is 6.42. The van der Waals surface area contributed by atoms with Crippen LogP contribution in [0.15, 0.2) is 109 Å². The second kappa shape index (κ2) is 67.6. The van der Waals surface area contributed by atoms with Gasteiger partial charge < -0.3 is 14.2 Å². The summed E-state index contributed by atoms with van der Waals surface area (Å²) in [5.41, 5.74) is 0. The second-order valence-electron chi connectivity index (χ2n) is 22.4. The molecule has 0 heterocycles. The zero-order valence-electron chi connectivity index (χ0n) is 52.6. The summed E-state index contributed by atoms with van der Waals surface area (Å²) in [6.07, 6.45) is 93.2. The number of esters is 3. The van der Waals surface area contributed by atoms with Gasteiger partial charge in [0.25, 0.3) is 0 Å². The van der Waals surface area contributed by atoms with Gasteiger partial charge in [0.2, 0.25) is 0 Å². The average molecular weight is 1110 g/mol. The number of hydrogen-bond acceptors (Lipinski definition) is 6. The average Bonchev–Trinajstić information content (AvgIpc) is 3.46. The molecule has 80 heavy (non-hydrogen) atoms. The molecule has 0 spiro atoms. The second-order valence-corrected chi connectivity index (χ2v) is 22.4. The fourth-order valence-electron chi connectivity index (χ4n) is 9.51. The zero-order valence-corrected chi connectivity index (χ0v) is 52.6. The van der Waals surface area contributed by atoms with Gasteiger partial charge in [0.1, 0.15) is 13.2 Å². The zero-order chi connectivity index (χ0) is 57.8. The Balaban J connectivity index is 4.10. The van der Waals surface area contributed by atoms with Crippen LogP contribution in [0.1, 0.15) is 323 Å². The molecule has 1 atom stereocenters. The van der Waals surface area contributed by atoms with Gasteiger partial charge >= 0.3 is 17.9 Å². The summed E-state index contributed by atoms with van der Waals surface area (Å²) in [5, 5.41) is 0. The van der Waals surface area contributed by atoms with E-state index < -0.39 is 6.10 Å². The number of allylic oxidation sites excluding steroid dienone is 18. The molecular weight excluding hydrogens is 985 g/mol. The van der Waals surface area contributed by atoms with E-state index >= 15 is 0 Å². The van der Waals surface area contributed by atoms with E-state index in [-0.39, 0.29) is 37.5 Å². The molecule has 0 aromatic heterocycles. The van der Waals surface area contributed by atoms with Crippen molar-refractivity contribution in [1.82, 2.24) is 0 Å². The lowest BCUT2D eigenvalue weighted by molar-refractivity contribution is -0.167. The minimum absolute atomic E-state index is 0.0953. The Morgan fingerprint density at radius 3 is 0.762 bits per heavy atom. The highest BCUT2D eigenvalue weighted by Gasteiger charge is 2.19. The molecule has 0 aromatic carbocycles. The summed E-state index contributed by atoms with van der Waals surface area (Å²) in [7, 11) is 0. The van der Waals surface area contributed by atoms with Crippen molar-refractivity contribution in [2.45, 2.75) is 329 Å². The monoisotopic (exact) mass is 1110 g/mol. The van der Waals surface area contributed by atoms with E-state index in [0.29, 0.717) is 19.3 Å². The molecule has 6 heteroatoms. The van der Waals surface area contributed by atoms with E-state index in [4.69, 9.17) is 14.2 Å². The number of hydrogen-bond donors (Lipinski definition) is 0. The van der Waals surface area contributed by atoms with Crippen molar-refractivity contribution < 1.29 is 28.6 Å². The van der Waals surface area contributed by atoms with Crippen molar-refractivity contribution in [2.75, 3.05) is 13.2 Å². The smallest absolute Gasteiger partial charge is 0.306 e. The molecule has 1 unspecified atom stereocenters. The molecule has 0 bridgehead atoms. The predicted molar refractivity (Wildman–Crippen MR) is 348 cm³/mol. The largest absolute Gasteiger partial charge is 0.462 e. The van der Waals surface area contributed by atoms with Crippen molar-refractivity contribution in [3.8, 4) is 0 Å². The first-order valence-corrected chi connectivity index (χ1v) is 33.9. The van der Waals surface area contributed by atoms with Crippen molar-refractivity contribution >= 4 is 17.9 Å². The van der Waals surface area contributed by atoms with Crippen molar-refractivity contribution in [3.05, 3.63) is 109 Å². The van der Waals surface area contributed by atoms with Gasteiger partial charge in [0.15, 0.2) is 6.10 Å². The molecule has 0 radical (unpaired) electrons. The maximum absolute atomic E-state index is 12.8. The minimum atomic E-state index is -0.799. The Labute approximate surface area is 495 Å². The van der Waals surface area contributed by atoms with Crippen LogP contribution in [0.5, 0.6) is 0 Å². The van der Waals surface area contributed by atoms with Crippen LogP contribution in [0.2, 0.25) is 0 Å². The lowest BCUT2D eigenvalue weighted by Gasteiger charge is -2.18. The lowest BCUT2D eigenvalue weighted by atomic mass is 10.0. The number of ether oxygens (including phenoxy) is 3. The van der Waals surface area contributed by atoms with Crippen molar-refractivity contribution in [1.29, 1.82) is 0 Å². The Morgan fingerprint density at radius 1 is 0.263 bits per heavy atom. The Morgan fingerprint density at radius 2 is 0.487 bits per heavy atom. The molecular formula is C74H126O6. The van der Waals surface area contributed by atoms with Crippen LogP contribution in [-0.4, -0.2) is 37.2 Å². The van der Waals surface area contributed by atoms with Gasteiger partial charge in [-0.15, -0.1) is 0 Å². The van der Waals surface area contributed by atoms with E-state index in [1.165, 1.54) is 161 Å². The highest BCUT2D eigenvalue weighted by molar-refractivity contribution is 5.71. The maximum atomic E-state index is 12.8. The molecule has 0 rings (SSSR count). The molecule has 458 valence electrons. The van der Waals surface area contributed by atoms with E-state index in [9.17, 15) is 14.4 Å². The van der Waals surface area contributed by atoms with Crippen LogP contribution in [0.25, 0.3) is 0 Å². The summed E-state index contributed by atoms with van der Waals surface area (Å²) in [4.78, 5) is 37.9. The van der Waals surface area contributed by atoms with Crippen LogP contribution < -0.4 is 0 Å². The number of rotatable bonds is 61. The van der Waals surface area contributed by atoms with Gasteiger partial charge in [-0.25, -0.2) is 0 Å². The number of carbonyl (C=O) groups excluding carboxylic acids is 3. The number of unbranched alkanes of at least 4 members (excludes halogenated alkanes) is 32. The first kappa shape index (κ1) is 76.1. The Hall–Kier alpha value is -3.93. The van der Waals surface area contributed by atoms with E-state index in [2.05, 4.69) is 130 Å². The molecule has 0 saturated carbocycles. The van der Waals surface area contributed by atoms with Gasteiger partial charge in [0.05, 0.1) is 0 Å². The van der Waals surface area contributed by atoms with Gasteiger partial charge in [-0.3, -0.25) is 14.4 Å². The molecule has 0 fully saturated rings. The third-order valence-electron chi connectivity index (χ3n) is 14.5. The Bertz CT molecular complexity index is 1610. The summed E-state index contributed by atoms with van der Waals surface area (Å²) in [6, 6.07) is 0. The molecule has 6 nitrogen and oxygen atoms in total. The summed E-state index contributed by atoms with van der Waals surface area (Å²) >= 11 is 0. The van der Waals surface area contributed by atoms with Crippen LogP contribution in [0.4, 0.5) is 0 Å². The van der Waals surface area contributed by atoms with Gasteiger partial charge in [0, 0.05) is 19.3 Å². The highest BCUT2D eigenvalue weighted by atomic mass is 16.6. The minimum Gasteiger partial charge on any atom is -0.462 e. The summed E-state index contributed by atoms with van der Waals surface area (Å²) < 4.78 is 16.7. The molecule has 0 N–H and O–H groups in total. The summed E-state index contributed by atoms with van der Waals surface area (Å²) in [5.74, 6) is -0.963. The lowest BCUT2D eigenvalue weighted by Crippen LogP contribution is -2.30. The topological polar surface area (TPSA) is 78.9 Å². The molecule has 0 aromatic rings. The molecule has 0 saturated heterocycles. The Kier molecular flexibility index (Phi) is 64.3. The van der Waals surface area contributed by atoms with Crippen LogP contribution in [0, 0.1) is 0 Å². The van der Waals surface area contributed by atoms with Crippen molar-refractivity contribution in [3.63, 3.8) is 0 Å². The van der Waals surface area contributed by atoms with Crippen LogP contribution >= 0.6 is 0 Å². The van der Waals surface area contributed by atoms with Crippen LogP contribution in [0.3, 0.4) is 0 Å². The van der Waals surface area contributed by atoms with Gasteiger partial charge in [-0.2, -0.15) is 0 Å². The van der Waals surface area contributed by atoms with E-state index in [0.717, 1.165) is 116 Å². The van der Waals surface area contributed by atoms with Gasteiger partial charge in [-0.1, -0.05) is 329 Å². The SMILES string of the molecule is CC/C=C\C/C=C\C/C=C\C/C=C\C/C=C\C/C=C\C/C=C\C/C=C\C/C=C\CCCC(=O)OCC(COC(=O)CCCCCCC)OC(=O)CCCCCCCCCCCCCCCCCCCCCCCCCCCCCC. The third kappa shape index (κ3) is 64.9. The number of carbonyl (C=O) groups is 3. The molecule has 0 amide bonds. The first-order valence-electron chi connectivity index (χ1n) is 33.9. The quantitative estimate of drug-likeness (QED) is 0.0261. The van der Waals surface area contributed by atoms with Gasteiger partial charge in [-0.05, 0) is 83.5 Å². The molecule has 0 aliphatic rings. The standard InChI is InChI=1S/C74H126O6/c1-4-7-10-13-15-17-19-21-23-25-27-29-31-33-35-37-39-40-42-44-46-48-50-52-54-56-58-61-64-67-73(76)79-70-71(69-78-72(75)66-63-60-12-9-6-3)80-74(77)68-65-62-59-57-55-53-51-49-47-45-43-41-38-36-34-32-30-28-26-24-22-20-18-16-14-11-8-5-2/h7,10,15,17,21,23,27,29,33,35,39-40,44,46,50,52,56,58,71H,4-6,8-9,11-14,16,18-20,22,24-26,28,30-32,34,36-38,41-43,45,47-49,51,53-55,57,59-70H2,1-3H3/b10-7-,17-15-,23-21-,29-27-,35-33-,40-39-,46-44-,52-50-,58-56-. The maximum Gasteiger partial charge on any atom is 0.306 e. The third-order valence-corrected chi connectivity index (χ3v) is 14.5. The van der Waals surface area contributed by atoms with E-state index in [1.54, 1.807) is 0 Å². The van der Waals surface area contributed by atoms with E-state index in [1.807, 2.05) is 0 Å². The highest BCUT2D eigenvalue weighted by Crippen LogP contribution is 2.17. The normalized spacial score (nSPS) is 12.8. The van der Waals surface area contributed by atoms with Crippen LogP contribution in [-0.2, 0) is 28.6 Å².